The number of benzene rings is 1. The third kappa shape index (κ3) is 3.52. The Morgan fingerprint density at radius 3 is 2.50 bits per heavy atom. The normalized spacial score (nSPS) is 33.7. The van der Waals surface area contributed by atoms with Crippen LogP contribution < -0.4 is 0 Å². The van der Waals surface area contributed by atoms with E-state index >= 15 is 0 Å². The molecule has 0 radical (unpaired) electrons. The van der Waals surface area contributed by atoms with Gasteiger partial charge in [-0.1, -0.05) is 30.0 Å². The lowest BCUT2D eigenvalue weighted by atomic mass is 10.0. The molecule has 1 aromatic rings. The molecule has 20 heavy (non-hydrogen) atoms. The Balaban J connectivity index is 2.11. The lowest BCUT2D eigenvalue weighted by Gasteiger charge is -2.40. The summed E-state index contributed by atoms with van der Waals surface area (Å²) in [5, 5.41) is 20.2. The van der Waals surface area contributed by atoms with Gasteiger partial charge < -0.3 is 19.7 Å². The number of ether oxygens (including phenoxy) is 2. The number of carbonyl (C=O) groups excluding carboxylic acids is 1. The van der Waals surface area contributed by atoms with Crippen LogP contribution in [0, 0.1) is 0 Å². The maximum atomic E-state index is 11.1. The van der Waals surface area contributed by atoms with Crippen LogP contribution in [0.25, 0.3) is 0 Å². The van der Waals surface area contributed by atoms with Crippen LogP contribution in [0.2, 0.25) is 0 Å². The number of carbonyl (C=O) groups is 1. The maximum absolute atomic E-state index is 11.1. The van der Waals surface area contributed by atoms with Crippen molar-refractivity contribution in [1.29, 1.82) is 0 Å². The van der Waals surface area contributed by atoms with Gasteiger partial charge in [-0.05, 0) is 19.1 Å². The molecular weight excluding hydrogens is 280 g/mol. The summed E-state index contributed by atoms with van der Waals surface area (Å²) in [7, 11) is 0. The molecule has 5 nitrogen and oxygen atoms in total. The Hall–Kier alpha value is -1.08. The highest BCUT2D eigenvalue weighted by molar-refractivity contribution is 7.99. The van der Waals surface area contributed by atoms with Crippen molar-refractivity contribution in [1.82, 2.24) is 0 Å². The first kappa shape index (κ1) is 15.3. The van der Waals surface area contributed by atoms with E-state index in [2.05, 4.69) is 0 Å². The summed E-state index contributed by atoms with van der Waals surface area (Å²) in [6.45, 7) is 2.94. The predicted octanol–water partition coefficient (Wildman–Crippen LogP) is 1.18. The fraction of sp³-hybridized carbons (Fsp3) is 0.500. The van der Waals surface area contributed by atoms with E-state index in [1.54, 1.807) is 6.92 Å². The highest BCUT2D eigenvalue weighted by atomic mass is 32.2. The largest absolute Gasteiger partial charge is 0.457 e. The van der Waals surface area contributed by atoms with Crippen LogP contribution >= 0.6 is 11.8 Å². The van der Waals surface area contributed by atoms with E-state index in [1.807, 2.05) is 30.3 Å². The number of thioether (sulfide) groups is 1. The molecule has 1 aliphatic rings. The second kappa shape index (κ2) is 6.58. The number of aliphatic hydroxyl groups excluding tert-OH is 2. The molecule has 0 spiro atoms. The van der Waals surface area contributed by atoms with Crippen LogP contribution in [-0.4, -0.2) is 46.0 Å². The zero-order valence-corrected chi connectivity index (χ0v) is 12.1. The summed E-state index contributed by atoms with van der Waals surface area (Å²) in [6.07, 6.45) is -3.63. The molecule has 0 unspecified atom stereocenters. The van der Waals surface area contributed by atoms with E-state index < -0.39 is 35.8 Å². The molecule has 0 aliphatic carbocycles. The van der Waals surface area contributed by atoms with Crippen LogP contribution in [0.3, 0.4) is 0 Å². The molecule has 110 valence electrons. The minimum atomic E-state index is -1.09. The lowest BCUT2D eigenvalue weighted by molar-refractivity contribution is -0.210. The molecule has 0 bridgehead atoms. The van der Waals surface area contributed by atoms with Crippen molar-refractivity contribution in [2.75, 3.05) is 0 Å². The van der Waals surface area contributed by atoms with Crippen molar-refractivity contribution in [3.05, 3.63) is 30.3 Å². The van der Waals surface area contributed by atoms with Gasteiger partial charge in [0, 0.05) is 11.8 Å². The van der Waals surface area contributed by atoms with Crippen LogP contribution in [-0.2, 0) is 14.3 Å². The second-order valence-electron chi connectivity index (χ2n) is 4.70. The molecule has 2 N–H and O–H groups in total. The monoisotopic (exact) mass is 298 g/mol. The summed E-state index contributed by atoms with van der Waals surface area (Å²) < 4.78 is 10.6. The maximum Gasteiger partial charge on any atom is 0.303 e. The van der Waals surface area contributed by atoms with Crippen LogP contribution in [0.1, 0.15) is 13.8 Å². The molecule has 5 atom stereocenters. The van der Waals surface area contributed by atoms with Crippen LogP contribution in [0.15, 0.2) is 35.2 Å². The van der Waals surface area contributed by atoms with Gasteiger partial charge in [-0.25, -0.2) is 0 Å². The van der Waals surface area contributed by atoms with Gasteiger partial charge in [-0.2, -0.15) is 0 Å². The zero-order valence-electron chi connectivity index (χ0n) is 11.3. The quantitative estimate of drug-likeness (QED) is 0.816. The molecule has 1 saturated heterocycles. The van der Waals surface area contributed by atoms with Gasteiger partial charge in [0.1, 0.15) is 17.6 Å². The molecular formula is C14H18O5S. The van der Waals surface area contributed by atoms with Crippen molar-refractivity contribution in [2.24, 2.45) is 0 Å². The fourth-order valence-corrected chi connectivity index (χ4v) is 3.17. The van der Waals surface area contributed by atoms with Gasteiger partial charge in [-0.15, -0.1) is 0 Å². The van der Waals surface area contributed by atoms with E-state index in [4.69, 9.17) is 9.47 Å². The minimum absolute atomic E-state index is 0.524. The summed E-state index contributed by atoms with van der Waals surface area (Å²) >= 11 is 1.33. The van der Waals surface area contributed by atoms with Crippen molar-refractivity contribution in [3.8, 4) is 0 Å². The van der Waals surface area contributed by atoms with Crippen molar-refractivity contribution >= 4 is 17.7 Å². The van der Waals surface area contributed by atoms with Crippen molar-refractivity contribution in [3.63, 3.8) is 0 Å². The van der Waals surface area contributed by atoms with Gasteiger partial charge in [0.2, 0.25) is 0 Å². The van der Waals surface area contributed by atoms with Gasteiger partial charge in [0.15, 0.2) is 6.10 Å². The molecule has 1 aliphatic heterocycles. The lowest BCUT2D eigenvalue weighted by Crippen LogP contribution is -2.57. The molecule has 1 heterocycles. The minimum Gasteiger partial charge on any atom is -0.457 e. The molecule has 2 rings (SSSR count). The number of aliphatic hydroxyl groups is 2. The molecule has 6 heteroatoms. The smallest absolute Gasteiger partial charge is 0.303 e. The first-order chi connectivity index (χ1) is 9.49. The predicted molar refractivity (Wildman–Crippen MR) is 74.2 cm³/mol. The van der Waals surface area contributed by atoms with Gasteiger partial charge in [-0.3, -0.25) is 4.79 Å². The Morgan fingerprint density at radius 1 is 1.25 bits per heavy atom. The molecule has 1 fully saturated rings. The van der Waals surface area contributed by atoms with E-state index in [1.165, 1.54) is 18.7 Å². The second-order valence-corrected chi connectivity index (χ2v) is 5.87. The number of esters is 1. The topological polar surface area (TPSA) is 76.0 Å². The first-order valence-electron chi connectivity index (χ1n) is 6.39. The van der Waals surface area contributed by atoms with Gasteiger partial charge in [0.25, 0.3) is 0 Å². The van der Waals surface area contributed by atoms with E-state index in [0.29, 0.717) is 0 Å². The van der Waals surface area contributed by atoms with E-state index in [0.717, 1.165) is 4.90 Å². The fourth-order valence-electron chi connectivity index (χ4n) is 2.06. The molecule has 0 amide bonds. The third-order valence-electron chi connectivity index (χ3n) is 3.08. The number of rotatable bonds is 3. The average molecular weight is 298 g/mol. The van der Waals surface area contributed by atoms with E-state index in [-0.39, 0.29) is 0 Å². The average Bonchev–Trinajstić information content (AvgIpc) is 2.42. The Morgan fingerprint density at radius 2 is 1.90 bits per heavy atom. The molecule has 0 saturated carbocycles. The highest BCUT2D eigenvalue weighted by Gasteiger charge is 2.45. The molecule has 0 aromatic heterocycles. The Labute approximate surface area is 121 Å². The third-order valence-corrected chi connectivity index (χ3v) is 4.25. The Bertz CT molecular complexity index is 452. The Kier molecular flexibility index (Phi) is 5.04. The standard InChI is InChI=1S/C14H18O5S/c1-8-11(16)13(19-9(2)15)12(17)14(18-8)20-10-6-4-3-5-7-10/h3-8,11-14,16-17H,1-2H3/t8-,11-,12+,13+,14+/m1/s1. The molecule has 1 aromatic carbocycles. The summed E-state index contributed by atoms with van der Waals surface area (Å²) in [6, 6.07) is 9.48. The highest BCUT2D eigenvalue weighted by Crippen LogP contribution is 2.34. The first-order valence-corrected chi connectivity index (χ1v) is 7.27. The van der Waals surface area contributed by atoms with Crippen LogP contribution in [0.5, 0.6) is 0 Å². The summed E-state index contributed by atoms with van der Waals surface area (Å²) in [5.74, 6) is -0.536. The van der Waals surface area contributed by atoms with Crippen molar-refractivity contribution in [2.45, 2.75) is 48.6 Å². The summed E-state index contributed by atoms with van der Waals surface area (Å²) in [4.78, 5) is 12.0. The van der Waals surface area contributed by atoms with Gasteiger partial charge in [0.05, 0.1) is 6.10 Å². The number of hydrogen-bond donors (Lipinski definition) is 2. The van der Waals surface area contributed by atoms with Crippen molar-refractivity contribution < 1.29 is 24.5 Å². The zero-order chi connectivity index (χ0) is 14.7. The van der Waals surface area contributed by atoms with Crippen LogP contribution in [0.4, 0.5) is 0 Å². The van der Waals surface area contributed by atoms with E-state index in [9.17, 15) is 15.0 Å². The summed E-state index contributed by atoms with van der Waals surface area (Å²) in [5.41, 5.74) is -0.597. The SMILES string of the molecule is CC(=O)O[C@H]1[C@H](O)[C@@H](C)O[C@@H](Sc2ccccc2)[C@H]1O. The van der Waals surface area contributed by atoms with Gasteiger partial charge >= 0.3 is 5.97 Å². The number of hydrogen-bond acceptors (Lipinski definition) is 6.